The molecule has 1 aromatic rings. The van der Waals surface area contributed by atoms with E-state index in [2.05, 4.69) is 13.8 Å². The van der Waals surface area contributed by atoms with Gasteiger partial charge in [-0.3, -0.25) is 4.79 Å². The molecular weight excluding hydrogens is 436 g/mol. The first-order chi connectivity index (χ1) is 17.0. The molecule has 0 aliphatic carbocycles. The quantitative estimate of drug-likeness (QED) is 0.124. The van der Waals surface area contributed by atoms with Crippen LogP contribution in [0.2, 0.25) is 0 Å². The highest BCUT2D eigenvalue weighted by molar-refractivity contribution is 5.96. The van der Waals surface area contributed by atoms with E-state index in [0.717, 1.165) is 12.0 Å². The number of unbranched alkanes of at least 4 members (excludes halogenated alkanes) is 11. The van der Waals surface area contributed by atoms with E-state index in [1.165, 1.54) is 77.0 Å². The number of benzene rings is 1. The van der Waals surface area contributed by atoms with Crippen molar-refractivity contribution in [3.05, 3.63) is 35.4 Å². The van der Waals surface area contributed by atoms with Crippen LogP contribution in [0, 0.1) is 5.92 Å². The van der Waals surface area contributed by atoms with Crippen LogP contribution >= 0.6 is 0 Å². The molecule has 3 atom stereocenters. The SMILES string of the molecule is CCCCCCCCCCCCCCC(C)OCC(C)OCC(C)CC(=O)c1ccc(CO)cc1. The summed E-state index contributed by atoms with van der Waals surface area (Å²) in [6.07, 6.45) is 18.4. The predicted octanol–water partition coefficient (Wildman–Crippen LogP) is 8.29. The number of hydrogen-bond acceptors (Lipinski definition) is 4. The fourth-order valence-corrected chi connectivity index (χ4v) is 4.32. The summed E-state index contributed by atoms with van der Waals surface area (Å²) in [4.78, 5) is 12.4. The molecule has 0 saturated carbocycles. The molecule has 0 heterocycles. The average molecular weight is 491 g/mol. The van der Waals surface area contributed by atoms with Crippen LogP contribution in [0.1, 0.15) is 134 Å². The van der Waals surface area contributed by atoms with Crippen LogP contribution in [-0.2, 0) is 16.1 Å². The molecule has 0 bridgehead atoms. The largest absolute Gasteiger partial charge is 0.392 e. The molecular formula is C31H54O4. The molecule has 1 aromatic carbocycles. The van der Waals surface area contributed by atoms with Crippen LogP contribution in [0.3, 0.4) is 0 Å². The van der Waals surface area contributed by atoms with Crippen molar-refractivity contribution in [1.82, 2.24) is 0 Å². The molecule has 35 heavy (non-hydrogen) atoms. The van der Waals surface area contributed by atoms with E-state index in [1.54, 1.807) is 24.3 Å². The Bertz CT molecular complexity index is 627. The summed E-state index contributed by atoms with van der Waals surface area (Å²) in [7, 11) is 0. The lowest BCUT2D eigenvalue weighted by Crippen LogP contribution is -2.23. The zero-order chi connectivity index (χ0) is 25.7. The van der Waals surface area contributed by atoms with Crippen molar-refractivity contribution in [3.8, 4) is 0 Å². The Morgan fingerprint density at radius 1 is 0.743 bits per heavy atom. The standard InChI is InChI=1S/C31H54O4/c1-5-6-7-8-9-10-11-12-13-14-15-16-17-27(3)35-25-28(4)34-24-26(2)22-31(33)30-20-18-29(23-32)19-21-30/h18-21,26-28,32H,5-17,22-25H2,1-4H3. The fraction of sp³-hybridized carbons (Fsp3) is 0.774. The molecule has 0 spiro atoms. The van der Waals surface area contributed by atoms with E-state index in [-0.39, 0.29) is 30.5 Å². The van der Waals surface area contributed by atoms with Gasteiger partial charge in [-0.05, 0) is 31.7 Å². The molecule has 1 rings (SSSR count). The number of carbonyl (C=O) groups is 1. The highest BCUT2D eigenvalue weighted by Crippen LogP contribution is 2.15. The summed E-state index contributed by atoms with van der Waals surface area (Å²) in [5.41, 5.74) is 1.51. The Morgan fingerprint density at radius 2 is 1.26 bits per heavy atom. The van der Waals surface area contributed by atoms with Gasteiger partial charge in [0.15, 0.2) is 5.78 Å². The number of ketones is 1. The summed E-state index contributed by atoms with van der Waals surface area (Å²) in [6.45, 7) is 9.67. The van der Waals surface area contributed by atoms with Gasteiger partial charge >= 0.3 is 0 Å². The van der Waals surface area contributed by atoms with Crippen molar-refractivity contribution in [2.24, 2.45) is 5.92 Å². The zero-order valence-electron chi connectivity index (χ0n) is 23.2. The van der Waals surface area contributed by atoms with E-state index in [4.69, 9.17) is 14.6 Å². The second-order valence-electron chi connectivity index (χ2n) is 10.6. The Labute approximate surface area is 216 Å². The van der Waals surface area contributed by atoms with Crippen molar-refractivity contribution >= 4 is 5.78 Å². The van der Waals surface area contributed by atoms with Gasteiger partial charge in [-0.2, -0.15) is 0 Å². The van der Waals surface area contributed by atoms with Gasteiger partial charge in [-0.1, -0.05) is 115 Å². The third-order valence-corrected chi connectivity index (χ3v) is 6.74. The van der Waals surface area contributed by atoms with Crippen LogP contribution in [0.25, 0.3) is 0 Å². The Kier molecular flexibility index (Phi) is 19.0. The minimum Gasteiger partial charge on any atom is -0.392 e. The number of ether oxygens (including phenoxy) is 2. The van der Waals surface area contributed by atoms with Gasteiger partial charge in [0.25, 0.3) is 0 Å². The van der Waals surface area contributed by atoms with E-state index >= 15 is 0 Å². The second kappa shape index (κ2) is 20.9. The van der Waals surface area contributed by atoms with Crippen LogP contribution in [0.4, 0.5) is 0 Å². The van der Waals surface area contributed by atoms with Crippen molar-refractivity contribution in [2.45, 2.75) is 136 Å². The topological polar surface area (TPSA) is 55.8 Å². The number of hydrogen-bond donors (Lipinski definition) is 1. The minimum absolute atomic E-state index is 0.00333. The lowest BCUT2D eigenvalue weighted by atomic mass is 9.99. The number of aliphatic hydroxyl groups is 1. The minimum atomic E-state index is -0.00333. The molecule has 0 saturated heterocycles. The van der Waals surface area contributed by atoms with E-state index in [9.17, 15) is 4.79 Å². The molecule has 202 valence electrons. The molecule has 0 aliphatic rings. The lowest BCUT2D eigenvalue weighted by Gasteiger charge is -2.19. The van der Waals surface area contributed by atoms with Crippen LogP contribution < -0.4 is 0 Å². The van der Waals surface area contributed by atoms with Crippen LogP contribution in [-0.4, -0.2) is 36.3 Å². The molecule has 0 radical (unpaired) electrons. The number of Topliss-reactive ketones (excluding diaryl/α,β-unsaturated/α-hetero) is 1. The van der Waals surface area contributed by atoms with Gasteiger partial charge in [-0.15, -0.1) is 0 Å². The molecule has 0 fully saturated rings. The van der Waals surface area contributed by atoms with Gasteiger partial charge in [-0.25, -0.2) is 0 Å². The highest BCUT2D eigenvalue weighted by atomic mass is 16.5. The van der Waals surface area contributed by atoms with Crippen molar-refractivity contribution < 1.29 is 19.4 Å². The summed E-state index contributed by atoms with van der Waals surface area (Å²) in [6, 6.07) is 7.17. The van der Waals surface area contributed by atoms with Crippen LogP contribution in [0.15, 0.2) is 24.3 Å². The van der Waals surface area contributed by atoms with Crippen molar-refractivity contribution in [2.75, 3.05) is 13.2 Å². The van der Waals surface area contributed by atoms with Crippen LogP contribution in [0.5, 0.6) is 0 Å². The number of aliphatic hydroxyl groups excluding tert-OH is 1. The van der Waals surface area contributed by atoms with Gasteiger partial charge in [0, 0.05) is 12.0 Å². The Balaban J connectivity index is 1.99. The molecule has 1 N–H and O–H groups in total. The molecule has 0 amide bonds. The molecule has 0 aliphatic heterocycles. The van der Waals surface area contributed by atoms with Gasteiger partial charge in [0.2, 0.25) is 0 Å². The first-order valence-corrected chi connectivity index (χ1v) is 14.4. The first-order valence-electron chi connectivity index (χ1n) is 14.4. The zero-order valence-corrected chi connectivity index (χ0v) is 23.2. The highest BCUT2D eigenvalue weighted by Gasteiger charge is 2.14. The maximum absolute atomic E-state index is 12.4. The van der Waals surface area contributed by atoms with E-state index in [1.807, 2.05) is 13.8 Å². The summed E-state index contributed by atoms with van der Waals surface area (Å²) >= 11 is 0. The van der Waals surface area contributed by atoms with Gasteiger partial charge in [0.1, 0.15) is 0 Å². The molecule has 4 heteroatoms. The maximum atomic E-state index is 12.4. The summed E-state index contributed by atoms with van der Waals surface area (Å²) in [5.74, 6) is 0.270. The molecule has 3 unspecified atom stereocenters. The van der Waals surface area contributed by atoms with Gasteiger partial charge in [0.05, 0.1) is 32.0 Å². The average Bonchev–Trinajstić information content (AvgIpc) is 2.86. The molecule has 4 nitrogen and oxygen atoms in total. The first kappa shape index (κ1) is 31.8. The van der Waals surface area contributed by atoms with Gasteiger partial charge < -0.3 is 14.6 Å². The smallest absolute Gasteiger partial charge is 0.163 e. The number of rotatable bonds is 23. The normalized spacial score (nSPS) is 14.1. The third kappa shape index (κ3) is 17.0. The van der Waals surface area contributed by atoms with E-state index in [0.29, 0.717) is 25.2 Å². The Morgan fingerprint density at radius 3 is 1.80 bits per heavy atom. The van der Waals surface area contributed by atoms with Crippen molar-refractivity contribution in [1.29, 1.82) is 0 Å². The lowest BCUT2D eigenvalue weighted by molar-refractivity contribution is -0.0417. The fourth-order valence-electron chi connectivity index (χ4n) is 4.32. The summed E-state index contributed by atoms with van der Waals surface area (Å²) < 4.78 is 11.9. The number of carbonyl (C=O) groups excluding carboxylic acids is 1. The van der Waals surface area contributed by atoms with E-state index < -0.39 is 0 Å². The van der Waals surface area contributed by atoms with Crippen molar-refractivity contribution in [3.63, 3.8) is 0 Å². The third-order valence-electron chi connectivity index (χ3n) is 6.74. The predicted molar refractivity (Wildman–Crippen MR) is 147 cm³/mol. The second-order valence-corrected chi connectivity index (χ2v) is 10.6. The maximum Gasteiger partial charge on any atom is 0.163 e. The monoisotopic (exact) mass is 490 g/mol. The Hall–Kier alpha value is -1.23. The summed E-state index contributed by atoms with van der Waals surface area (Å²) in [5, 5.41) is 9.12. The molecule has 0 aromatic heterocycles.